The van der Waals surface area contributed by atoms with Crippen molar-refractivity contribution in [1.82, 2.24) is 9.55 Å². The minimum Gasteiger partial charge on any atom is -0.506 e. The summed E-state index contributed by atoms with van der Waals surface area (Å²) in [4.78, 5) is 30.5. The number of pyridine rings is 2. The second kappa shape index (κ2) is 7.35. The van der Waals surface area contributed by atoms with E-state index in [0.717, 1.165) is 25.7 Å². The molecule has 2 heterocycles. The van der Waals surface area contributed by atoms with Gasteiger partial charge in [0.25, 0.3) is 5.56 Å². The lowest BCUT2D eigenvalue weighted by Crippen LogP contribution is -2.27. The summed E-state index contributed by atoms with van der Waals surface area (Å²) in [7, 11) is 0. The van der Waals surface area contributed by atoms with Crippen LogP contribution in [0.2, 0.25) is 0 Å². The number of hydrogen-bond donors (Lipinski definition) is 1. The van der Waals surface area contributed by atoms with Gasteiger partial charge in [0.1, 0.15) is 11.3 Å². The van der Waals surface area contributed by atoms with E-state index in [-0.39, 0.29) is 17.1 Å². The fourth-order valence-electron chi connectivity index (χ4n) is 4.03. The largest absolute Gasteiger partial charge is 0.506 e. The Morgan fingerprint density at radius 3 is 2.56 bits per heavy atom. The molecule has 1 aliphatic carbocycles. The van der Waals surface area contributed by atoms with Gasteiger partial charge < -0.3 is 5.11 Å². The van der Waals surface area contributed by atoms with E-state index in [4.69, 9.17) is 0 Å². The average Bonchev–Trinajstić information content (AvgIpc) is 2.70. The Hall–Kier alpha value is -2.95. The van der Waals surface area contributed by atoms with Crippen LogP contribution in [0.5, 0.6) is 5.75 Å². The third-order valence-electron chi connectivity index (χ3n) is 5.40. The first-order valence-corrected chi connectivity index (χ1v) is 9.48. The molecule has 1 saturated carbocycles. The molecule has 2 aromatic heterocycles. The van der Waals surface area contributed by atoms with Crippen molar-refractivity contribution in [3.63, 3.8) is 0 Å². The number of nitrogens with zero attached hydrogens (tertiary/aromatic N) is 2. The molecule has 1 fully saturated rings. The first-order valence-electron chi connectivity index (χ1n) is 9.48. The van der Waals surface area contributed by atoms with E-state index >= 15 is 0 Å². The van der Waals surface area contributed by atoms with Gasteiger partial charge in [0.2, 0.25) is 0 Å². The number of carbonyl (C=O) groups excluding carboxylic acids is 1. The molecule has 0 radical (unpaired) electrons. The molecule has 1 aromatic carbocycles. The topological polar surface area (TPSA) is 72.2 Å². The fourth-order valence-corrected chi connectivity index (χ4v) is 4.03. The second-order valence-electron chi connectivity index (χ2n) is 7.21. The summed E-state index contributed by atoms with van der Waals surface area (Å²) in [6, 6.07) is 12.5. The number of hydrogen-bond acceptors (Lipinski definition) is 4. The summed E-state index contributed by atoms with van der Waals surface area (Å²) in [6.45, 7) is 0. The molecular weight excluding hydrogens is 340 g/mol. The number of rotatable bonds is 4. The monoisotopic (exact) mass is 362 g/mol. The molecule has 5 heteroatoms. The van der Waals surface area contributed by atoms with E-state index in [1.165, 1.54) is 11.0 Å². The number of ketones is 1. The lowest BCUT2D eigenvalue weighted by atomic mass is 9.84. The molecule has 138 valence electrons. The molecular formula is C22H22N2O3. The van der Waals surface area contributed by atoms with Gasteiger partial charge in [-0.3, -0.25) is 14.2 Å². The first-order chi connectivity index (χ1) is 13.2. The molecule has 0 saturated heterocycles. The normalized spacial score (nSPS) is 15.1. The molecule has 27 heavy (non-hydrogen) atoms. The molecule has 1 aliphatic rings. The number of carbonyl (C=O) groups is 1. The number of para-hydroxylation sites is 1. The summed E-state index contributed by atoms with van der Waals surface area (Å²) in [5, 5.41) is 11.1. The standard InChI is InChI=1S/C22H22N2O3/c25-18(14-15-8-3-1-4-9-15)19-20(26)17-12-7-13-23-21(17)24(22(19)27)16-10-5-2-6-11-16/h2,5-7,10-13,15,26H,1,3-4,8-9,14H2. The average molecular weight is 362 g/mol. The van der Waals surface area contributed by atoms with Crippen molar-refractivity contribution in [2.75, 3.05) is 0 Å². The predicted octanol–water partition coefficient (Wildman–Crippen LogP) is 4.24. The molecule has 0 atom stereocenters. The van der Waals surface area contributed by atoms with Crippen LogP contribution in [-0.4, -0.2) is 20.4 Å². The van der Waals surface area contributed by atoms with Crippen LogP contribution in [0, 0.1) is 5.92 Å². The van der Waals surface area contributed by atoms with Crippen molar-refractivity contribution < 1.29 is 9.90 Å². The fraction of sp³-hybridized carbons (Fsp3) is 0.318. The molecule has 0 bridgehead atoms. The van der Waals surface area contributed by atoms with Gasteiger partial charge in [0, 0.05) is 12.6 Å². The Bertz CT molecular complexity index is 1030. The van der Waals surface area contributed by atoms with Crippen LogP contribution in [0.4, 0.5) is 0 Å². The number of aromatic nitrogens is 2. The van der Waals surface area contributed by atoms with Crippen LogP contribution in [0.1, 0.15) is 48.9 Å². The van der Waals surface area contributed by atoms with E-state index < -0.39 is 5.56 Å². The van der Waals surface area contributed by atoms with Crippen LogP contribution in [-0.2, 0) is 0 Å². The van der Waals surface area contributed by atoms with E-state index in [0.29, 0.717) is 29.1 Å². The van der Waals surface area contributed by atoms with Gasteiger partial charge >= 0.3 is 0 Å². The highest BCUT2D eigenvalue weighted by molar-refractivity contribution is 6.03. The van der Waals surface area contributed by atoms with Crippen molar-refractivity contribution in [3.8, 4) is 11.4 Å². The second-order valence-corrected chi connectivity index (χ2v) is 7.21. The molecule has 0 unspecified atom stereocenters. The number of aromatic hydroxyl groups is 1. The molecule has 0 amide bonds. The van der Waals surface area contributed by atoms with E-state index in [1.54, 1.807) is 30.5 Å². The quantitative estimate of drug-likeness (QED) is 0.705. The maximum Gasteiger partial charge on any atom is 0.271 e. The maximum absolute atomic E-state index is 13.2. The summed E-state index contributed by atoms with van der Waals surface area (Å²) >= 11 is 0. The van der Waals surface area contributed by atoms with Gasteiger partial charge in [-0.25, -0.2) is 4.98 Å². The molecule has 0 spiro atoms. The van der Waals surface area contributed by atoms with Gasteiger partial charge in [-0.05, 0) is 30.2 Å². The third-order valence-corrected chi connectivity index (χ3v) is 5.40. The number of benzene rings is 1. The first kappa shape index (κ1) is 17.5. The van der Waals surface area contributed by atoms with Crippen LogP contribution in [0.3, 0.4) is 0 Å². The Morgan fingerprint density at radius 1 is 1.07 bits per heavy atom. The van der Waals surface area contributed by atoms with Crippen LogP contribution in [0.15, 0.2) is 53.5 Å². The SMILES string of the molecule is O=C(CC1CCCCC1)c1c(O)c2cccnc2n(-c2ccccc2)c1=O. The Balaban J connectivity index is 1.88. The predicted molar refractivity (Wildman–Crippen MR) is 105 cm³/mol. The van der Waals surface area contributed by atoms with Gasteiger partial charge in [-0.1, -0.05) is 50.3 Å². The van der Waals surface area contributed by atoms with Crippen molar-refractivity contribution in [1.29, 1.82) is 0 Å². The van der Waals surface area contributed by atoms with Crippen LogP contribution < -0.4 is 5.56 Å². The maximum atomic E-state index is 13.2. The van der Waals surface area contributed by atoms with Gasteiger partial charge in [-0.2, -0.15) is 0 Å². The number of Topliss-reactive ketones (excluding diaryl/α,β-unsaturated/α-hetero) is 1. The van der Waals surface area contributed by atoms with Crippen LogP contribution in [0.25, 0.3) is 16.7 Å². The summed E-state index contributed by atoms with van der Waals surface area (Å²) in [6.07, 6.45) is 7.36. The van der Waals surface area contributed by atoms with Crippen molar-refractivity contribution in [2.24, 2.45) is 5.92 Å². The van der Waals surface area contributed by atoms with Crippen LogP contribution >= 0.6 is 0 Å². The number of fused-ring (bicyclic) bond motifs is 1. The molecule has 0 aliphatic heterocycles. The summed E-state index contributed by atoms with van der Waals surface area (Å²) in [5.74, 6) is -0.240. The van der Waals surface area contributed by atoms with Crippen molar-refractivity contribution in [2.45, 2.75) is 38.5 Å². The smallest absolute Gasteiger partial charge is 0.271 e. The molecule has 4 rings (SSSR count). The zero-order chi connectivity index (χ0) is 18.8. The van der Waals surface area contributed by atoms with E-state index in [2.05, 4.69) is 4.98 Å². The Kier molecular flexibility index (Phi) is 4.75. The minimum absolute atomic E-state index is 0.120. The van der Waals surface area contributed by atoms with Gasteiger partial charge in [0.05, 0.1) is 11.1 Å². The zero-order valence-corrected chi connectivity index (χ0v) is 15.1. The lowest BCUT2D eigenvalue weighted by Gasteiger charge is -2.21. The van der Waals surface area contributed by atoms with Gasteiger partial charge in [0.15, 0.2) is 11.4 Å². The highest BCUT2D eigenvalue weighted by atomic mass is 16.3. The van der Waals surface area contributed by atoms with Gasteiger partial charge in [-0.15, -0.1) is 0 Å². The third kappa shape index (κ3) is 3.25. The molecule has 5 nitrogen and oxygen atoms in total. The van der Waals surface area contributed by atoms with E-state index in [9.17, 15) is 14.7 Å². The van der Waals surface area contributed by atoms with Crippen molar-refractivity contribution >= 4 is 16.8 Å². The Labute approximate surface area is 157 Å². The highest BCUT2D eigenvalue weighted by Crippen LogP contribution is 2.31. The summed E-state index contributed by atoms with van der Waals surface area (Å²) in [5.41, 5.74) is 0.342. The molecule has 1 N–H and O–H groups in total. The zero-order valence-electron chi connectivity index (χ0n) is 15.1. The Morgan fingerprint density at radius 2 is 1.81 bits per heavy atom. The lowest BCUT2D eigenvalue weighted by molar-refractivity contribution is 0.0946. The molecule has 3 aromatic rings. The minimum atomic E-state index is -0.509. The van der Waals surface area contributed by atoms with E-state index in [1.807, 2.05) is 18.2 Å². The van der Waals surface area contributed by atoms with Crippen molar-refractivity contribution in [3.05, 3.63) is 64.6 Å². The summed E-state index contributed by atoms with van der Waals surface area (Å²) < 4.78 is 1.42. The highest BCUT2D eigenvalue weighted by Gasteiger charge is 2.26.